The van der Waals surface area contributed by atoms with E-state index in [1.165, 1.54) is 24.3 Å². The summed E-state index contributed by atoms with van der Waals surface area (Å²) in [6, 6.07) is 19.0. The van der Waals surface area contributed by atoms with E-state index in [9.17, 15) is 36.6 Å². The number of aromatic carboxylic acids is 1. The van der Waals surface area contributed by atoms with Crippen LogP contribution in [0.4, 0.5) is 22.0 Å². The van der Waals surface area contributed by atoms with Gasteiger partial charge >= 0.3 is 12.1 Å². The molecule has 0 saturated heterocycles. The van der Waals surface area contributed by atoms with Gasteiger partial charge in [-0.05, 0) is 89.7 Å². The number of fused-ring (bicyclic) bond motifs is 1. The van der Waals surface area contributed by atoms with Crippen molar-refractivity contribution in [3.8, 4) is 11.1 Å². The van der Waals surface area contributed by atoms with Gasteiger partial charge in [0, 0.05) is 24.2 Å². The zero-order valence-electron chi connectivity index (χ0n) is 22.4. The quantitative estimate of drug-likeness (QED) is 0.190. The molecule has 4 aromatic carbocycles. The fourth-order valence-electron chi connectivity index (χ4n) is 5.41. The molecule has 43 heavy (non-hydrogen) atoms. The molecular formula is C33H23F5N2O3. The summed E-state index contributed by atoms with van der Waals surface area (Å²) in [7, 11) is 0. The first-order valence-electron chi connectivity index (χ1n) is 13.3. The standard InChI is InChI=1S/C33H23F5N2O3/c34-26-14-23(15-27(35)17-26)22-13-21-8-11-40(18-19-2-1-3-25(12-19)33(36,37)38)29(21)28(16-22)30(41)39-32(9-10-32)24-6-4-20(5-7-24)31(42)43/h1-8,11-17H,9-10,18H2,(H,39,41)(H,42,43). The Labute approximate surface area is 242 Å². The molecule has 0 bridgehead atoms. The number of nitrogens with zero attached hydrogens (tertiary/aromatic N) is 1. The van der Waals surface area contributed by atoms with Gasteiger partial charge in [0.05, 0.1) is 27.7 Å². The highest BCUT2D eigenvalue weighted by Crippen LogP contribution is 2.46. The summed E-state index contributed by atoms with van der Waals surface area (Å²) in [6.07, 6.45) is -1.66. The highest BCUT2D eigenvalue weighted by Gasteiger charge is 2.46. The number of carbonyl (C=O) groups excluding carboxylic acids is 1. The predicted molar refractivity (Wildman–Crippen MR) is 150 cm³/mol. The molecule has 2 N–H and O–H groups in total. The minimum atomic E-state index is -4.52. The SMILES string of the molecule is O=C(O)c1ccc(C2(NC(=O)c3cc(-c4cc(F)cc(F)c4)cc4ccn(Cc5cccc(C(F)(F)F)c5)c34)CC2)cc1. The van der Waals surface area contributed by atoms with E-state index in [0.717, 1.165) is 35.9 Å². The molecule has 1 fully saturated rings. The second kappa shape index (κ2) is 10.4. The highest BCUT2D eigenvalue weighted by atomic mass is 19.4. The molecule has 1 amide bonds. The molecule has 0 aliphatic heterocycles. The van der Waals surface area contributed by atoms with Crippen molar-refractivity contribution in [2.45, 2.75) is 31.1 Å². The molecule has 6 rings (SSSR count). The van der Waals surface area contributed by atoms with Gasteiger partial charge in [-0.1, -0.05) is 24.3 Å². The number of alkyl halides is 3. The molecule has 1 aliphatic rings. The molecule has 5 aromatic rings. The Balaban J connectivity index is 1.43. The molecule has 1 saturated carbocycles. The molecule has 1 heterocycles. The van der Waals surface area contributed by atoms with E-state index in [4.69, 9.17) is 0 Å². The Bertz CT molecular complexity index is 1870. The van der Waals surface area contributed by atoms with Gasteiger partial charge in [0.15, 0.2) is 0 Å². The molecule has 1 aliphatic carbocycles. The maximum Gasteiger partial charge on any atom is 0.416 e. The summed E-state index contributed by atoms with van der Waals surface area (Å²) in [4.78, 5) is 25.2. The van der Waals surface area contributed by atoms with Crippen LogP contribution in [0.2, 0.25) is 0 Å². The molecule has 5 nitrogen and oxygen atoms in total. The van der Waals surface area contributed by atoms with Gasteiger partial charge in [-0.25, -0.2) is 13.6 Å². The number of hydrogen-bond acceptors (Lipinski definition) is 2. The van der Waals surface area contributed by atoms with E-state index < -0.39 is 40.8 Å². The largest absolute Gasteiger partial charge is 0.478 e. The van der Waals surface area contributed by atoms with Crippen LogP contribution in [-0.2, 0) is 18.3 Å². The molecule has 10 heteroatoms. The topological polar surface area (TPSA) is 71.3 Å². The van der Waals surface area contributed by atoms with Crippen molar-refractivity contribution in [2.75, 3.05) is 0 Å². The smallest absolute Gasteiger partial charge is 0.416 e. The Hall–Kier alpha value is -4.99. The zero-order valence-corrected chi connectivity index (χ0v) is 22.4. The van der Waals surface area contributed by atoms with Crippen LogP contribution in [0.25, 0.3) is 22.0 Å². The van der Waals surface area contributed by atoms with Gasteiger partial charge in [0.25, 0.3) is 5.91 Å². The predicted octanol–water partition coefficient (Wildman–Crippen LogP) is 7.77. The minimum Gasteiger partial charge on any atom is -0.478 e. The summed E-state index contributed by atoms with van der Waals surface area (Å²) in [5, 5.41) is 12.8. The lowest BCUT2D eigenvalue weighted by Crippen LogP contribution is -2.35. The Morgan fingerprint density at radius 3 is 2.16 bits per heavy atom. The third-order valence-electron chi connectivity index (χ3n) is 7.70. The number of carboxylic acid groups (broad SMARTS) is 1. The second-order valence-corrected chi connectivity index (χ2v) is 10.7. The van der Waals surface area contributed by atoms with Crippen molar-refractivity contribution in [1.29, 1.82) is 0 Å². The summed E-state index contributed by atoms with van der Waals surface area (Å²) in [5.74, 6) is -3.14. The lowest BCUT2D eigenvalue weighted by Gasteiger charge is -2.20. The molecule has 1 aromatic heterocycles. The number of aromatic nitrogens is 1. The number of amides is 1. The Morgan fingerprint density at radius 2 is 1.53 bits per heavy atom. The van der Waals surface area contributed by atoms with E-state index in [1.54, 1.807) is 41.1 Å². The van der Waals surface area contributed by atoms with Crippen LogP contribution in [-0.4, -0.2) is 21.6 Å². The van der Waals surface area contributed by atoms with Crippen LogP contribution in [0.1, 0.15) is 50.2 Å². The number of carbonyl (C=O) groups is 2. The first-order valence-corrected chi connectivity index (χ1v) is 13.3. The maximum atomic E-state index is 14.1. The highest BCUT2D eigenvalue weighted by molar-refractivity contribution is 6.08. The number of rotatable bonds is 7. The van der Waals surface area contributed by atoms with Crippen LogP contribution in [0.5, 0.6) is 0 Å². The van der Waals surface area contributed by atoms with Gasteiger partial charge in [0.2, 0.25) is 0 Å². The number of benzene rings is 4. The van der Waals surface area contributed by atoms with Crippen molar-refractivity contribution in [1.82, 2.24) is 9.88 Å². The Kier molecular flexibility index (Phi) is 6.79. The molecular weight excluding hydrogens is 567 g/mol. The summed E-state index contributed by atoms with van der Waals surface area (Å²) in [5.41, 5.74) is 0.870. The number of nitrogens with one attached hydrogen (secondary N) is 1. The van der Waals surface area contributed by atoms with Crippen LogP contribution < -0.4 is 5.32 Å². The minimum absolute atomic E-state index is 0.0312. The van der Waals surface area contributed by atoms with Crippen molar-refractivity contribution in [2.24, 2.45) is 0 Å². The summed E-state index contributed by atoms with van der Waals surface area (Å²) < 4.78 is 69.9. The van der Waals surface area contributed by atoms with Crippen molar-refractivity contribution >= 4 is 22.8 Å². The fraction of sp³-hybridized carbons (Fsp3) is 0.152. The van der Waals surface area contributed by atoms with Crippen LogP contribution in [0, 0.1) is 11.6 Å². The first kappa shape index (κ1) is 28.1. The molecule has 0 unspecified atom stereocenters. The van der Waals surface area contributed by atoms with Crippen molar-refractivity contribution in [3.05, 3.63) is 131 Å². The lowest BCUT2D eigenvalue weighted by molar-refractivity contribution is -0.137. The van der Waals surface area contributed by atoms with Crippen molar-refractivity contribution < 1.29 is 36.6 Å². The number of halogens is 5. The van der Waals surface area contributed by atoms with Crippen molar-refractivity contribution in [3.63, 3.8) is 0 Å². The van der Waals surface area contributed by atoms with Gasteiger partial charge in [-0.2, -0.15) is 13.2 Å². The van der Waals surface area contributed by atoms with E-state index in [0.29, 0.717) is 34.9 Å². The molecule has 0 atom stereocenters. The van der Waals surface area contributed by atoms with Gasteiger partial charge in [-0.15, -0.1) is 0 Å². The van der Waals surface area contributed by atoms with Crippen LogP contribution >= 0.6 is 0 Å². The third-order valence-corrected chi connectivity index (χ3v) is 7.70. The third kappa shape index (κ3) is 5.60. The van der Waals surface area contributed by atoms with Gasteiger partial charge in [-0.3, -0.25) is 4.79 Å². The number of hydrogen-bond donors (Lipinski definition) is 2. The van der Waals surface area contributed by atoms with Gasteiger partial charge < -0.3 is 15.0 Å². The van der Waals surface area contributed by atoms with E-state index in [-0.39, 0.29) is 23.2 Å². The molecule has 0 radical (unpaired) electrons. The molecule has 218 valence electrons. The first-order chi connectivity index (χ1) is 20.4. The number of carboxylic acids is 1. The molecule has 0 spiro atoms. The van der Waals surface area contributed by atoms with Gasteiger partial charge in [0.1, 0.15) is 11.6 Å². The Morgan fingerprint density at radius 1 is 0.860 bits per heavy atom. The lowest BCUT2D eigenvalue weighted by atomic mass is 9.98. The average Bonchev–Trinajstić information content (AvgIpc) is 3.63. The van der Waals surface area contributed by atoms with E-state index >= 15 is 0 Å². The summed E-state index contributed by atoms with van der Waals surface area (Å²) >= 11 is 0. The monoisotopic (exact) mass is 590 g/mol. The van der Waals surface area contributed by atoms with Crippen LogP contribution in [0.15, 0.2) is 91.1 Å². The normalized spacial score (nSPS) is 14.1. The average molecular weight is 591 g/mol. The van der Waals surface area contributed by atoms with E-state index in [2.05, 4.69) is 5.32 Å². The second-order valence-electron chi connectivity index (χ2n) is 10.7. The van der Waals surface area contributed by atoms with E-state index in [1.807, 2.05) is 0 Å². The summed E-state index contributed by atoms with van der Waals surface area (Å²) in [6.45, 7) is 0.0312. The van der Waals surface area contributed by atoms with Crippen LogP contribution in [0.3, 0.4) is 0 Å². The fourth-order valence-corrected chi connectivity index (χ4v) is 5.41. The maximum absolute atomic E-state index is 14.1. The zero-order chi connectivity index (χ0) is 30.5.